The van der Waals surface area contributed by atoms with Gasteiger partial charge in [0, 0.05) is 61.6 Å². The molecule has 0 spiro atoms. The third-order valence-corrected chi connectivity index (χ3v) is 12.2. The van der Waals surface area contributed by atoms with E-state index in [1.807, 2.05) is 50.2 Å². The van der Waals surface area contributed by atoms with Crippen LogP contribution in [-0.2, 0) is 25.7 Å². The van der Waals surface area contributed by atoms with E-state index in [2.05, 4.69) is 17.6 Å². The lowest BCUT2D eigenvalue weighted by Gasteiger charge is -2.60. The zero-order valence-corrected chi connectivity index (χ0v) is 36.9. The summed E-state index contributed by atoms with van der Waals surface area (Å²) in [4.78, 5) is 37.8. The number of nitrogens with zero attached hydrogens (tertiary/aromatic N) is 4. The minimum absolute atomic E-state index is 0.00760. The van der Waals surface area contributed by atoms with Gasteiger partial charge >= 0.3 is 0 Å². The summed E-state index contributed by atoms with van der Waals surface area (Å²) in [7, 11) is 0. The Balaban J connectivity index is 1.54. The van der Waals surface area contributed by atoms with Crippen LogP contribution in [0.15, 0.2) is 96.2 Å². The van der Waals surface area contributed by atoms with Crippen LogP contribution >= 0.6 is 0 Å². The molecular weight excluding hydrogens is 821 g/mol. The Morgan fingerprint density at radius 2 is 1.83 bits per heavy atom. The number of aryl methyl sites for hydroxylation is 1. The normalized spacial score (nSPS) is 22.9. The highest BCUT2D eigenvalue weighted by atomic mass is 16.7. The van der Waals surface area contributed by atoms with Crippen molar-refractivity contribution in [2.45, 2.75) is 83.1 Å². The number of rotatable bonds is 25. The number of nitro groups is 1. The number of fused-ring (bicyclic) bond motifs is 2. The first kappa shape index (κ1) is 48.0. The number of carbonyl (C=O) groups excluding carboxylic acids is 1. The molecule has 0 saturated heterocycles. The molecule has 6 atom stereocenters. The van der Waals surface area contributed by atoms with Gasteiger partial charge in [-0.2, -0.15) is 0 Å². The number of non-ortho nitro benzene ring substituents is 1. The number of aliphatic hydroxyl groups is 3. The molecule has 1 aromatic heterocycles. The van der Waals surface area contributed by atoms with Crippen molar-refractivity contribution in [3.8, 4) is 11.5 Å². The molecule has 0 bridgehead atoms. The first-order chi connectivity index (χ1) is 31.2. The maximum atomic E-state index is 14.8. The van der Waals surface area contributed by atoms with E-state index in [1.165, 1.54) is 18.2 Å². The molecule has 15 nitrogen and oxygen atoms in total. The fourth-order valence-corrected chi connectivity index (χ4v) is 9.44. The van der Waals surface area contributed by atoms with Crippen LogP contribution in [0, 0.1) is 34.8 Å². The van der Waals surface area contributed by atoms with Crippen LogP contribution < -0.4 is 9.47 Å². The summed E-state index contributed by atoms with van der Waals surface area (Å²) < 4.78 is 26.6. The number of ether oxygens (including phenoxy) is 4. The number of allylic oxidation sites excluding steroid dienone is 1. The first-order valence-electron chi connectivity index (χ1n) is 22.3. The molecule has 1 aliphatic heterocycles. The molecule has 3 N–H and O–H groups in total. The lowest BCUT2D eigenvalue weighted by Crippen LogP contribution is -2.70. The van der Waals surface area contributed by atoms with Gasteiger partial charge in [0.1, 0.15) is 30.8 Å². The van der Waals surface area contributed by atoms with Gasteiger partial charge in [0.25, 0.3) is 5.69 Å². The number of hydrogen-bond donors (Lipinski definition) is 3. The molecule has 2 aromatic carbocycles. The number of aliphatic hydroxyl groups excluding tert-OH is 3. The second-order valence-electron chi connectivity index (χ2n) is 16.3. The molecular formula is C49H62N4O11. The van der Waals surface area contributed by atoms with E-state index in [0.717, 1.165) is 48.2 Å². The molecule has 0 radical (unpaired) electrons. The van der Waals surface area contributed by atoms with Gasteiger partial charge in [0.05, 0.1) is 48.7 Å². The van der Waals surface area contributed by atoms with E-state index in [-0.39, 0.29) is 82.7 Å². The van der Waals surface area contributed by atoms with Crippen molar-refractivity contribution >= 4 is 23.4 Å². The molecule has 2 aliphatic carbocycles. The SMILES string of the molecule is C=CCO[C@@]12Oc3ccc(OCc4cccc(C)n4)cc3[C@H]3[C@H](CCCCO)[C@@H](CCCCO)C=C(C(=NOCC)C[C@@H]1N(CCOCCO)C(=O)C=Cc1ccc([N+](=O)[O-])cc1)[C@H]32. The molecule has 1 fully saturated rings. The average Bonchev–Trinajstić information content (AvgIpc) is 3.30. The summed E-state index contributed by atoms with van der Waals surface area (Å²) in [6.45, 7) is 8.65. The van der Waals surface area contributed by atoms with E-state index >= 15 is 0 Å². The number of oxime groups is 1. The lowest BCUT2D eigenvalue weighted by atomic mass is 9.55. The Hall–Kier alpha value is -5.45. The average molecular weight is 883 g/mol. The van der Waals surface area contributed by atoms with Crippen molar-refractivity contribution in [3.63, 3.8) is 0 Å². The predicted molar refractivity (Wildman–Crippen MR) is 242 cm³/mol. The van der Waals surface area contributed by atoms with E-state index < -0.39 is 28.6 Å². The predicted octanol–water partition coefficient (Wildman–Crippen LogP) is 7.08. The van der Waals surface area contributed by atoms with Crippen LogP contribution in [-0.4, -0.2) is 106 Å². The summed E-state index contributed by atoms with van der Waals surface area (Å²) in [5.74, 6) is -1.43. The summed E-state index contributed by atoms with van der Waals surface area (Å²) in [6, 6.07) is 16.7. The molecule has 3 aliphatic rings. The van der Waals surface area contributed by atoms with Gasteiger partial charge in [-0.3, -0.25) is 19.9 Å². The number of carbonyl (C=O) groups is 1. The van der Waals surface area contributed by atoms with Crippen molar-refractivity contribution in [1.29, 1.82) is 0 Å². The van der Waals surface area contributed by atoms with Crippen molar-refractivity contribution in [3.05, 3.63) is 124 Å². The number of amides is 1. The Morgan fingerprint density at radius 1 is 1.05 bits per heavy atom. The Bertz CT molecular complexity index is 2130. The highest BCUT2D eigenvalue weighted by Crippen LogP contribution is 2.62. The van der Waals surface area contributed by atoms with Gasteiger partial charge in [-0.1, -0.05) is 36.2 Å². The van der Waals surface area contributed by atoms with Gasteiger partial charge in [-0.15, -0.1) is 6.58 Å². The number of aromatic nitrogens is 1. The molecule has 64 heavy (non-hydrogen) atoms. The molecule has 2 heterocycles. The van der Waals surface area contributed by atoms with E-state index in [4.69, 9.17) is 28.9 Å². The zero-order valence-electron chi connectivity index (χ0n) is 36.9. The van der Waals surface area contributed by atoms with E-state index in [9.17, 15) is 30.2 Å². The molecule has 0 unspecified atom stereocenters. The number of benzene rings is 2. The van der Waals surface area contributed by atoms with Crippen LogP contribution in [0.3, 0.4) is 0 Å². The first-order valence-corrected chi connectivity index (χ1v) is 22.3. The highest BCUT2D eigenvalue weighted by molar-refractivity contribution is 6.03. The van der Waals surface area contributed by atoms with E-state index in [0.29, 0.717) is 42.2 Å². The van der Waals surface area contributed by atoms with Crippen LogP contribution in [0.5, 0.6) is 11.5 Å². The Labute approximate surface area is 375 Å². The molecule has 15 heteroatoms. The summed E-state index contributed by atoms with van der Waals surface area (Å²) in [5, 5.41) is 45.5. The molecule has 1 amide bonds. The number of nitro benzene ring substituents is 1. The maximum Gasteiger partial charge on any atom is 0.269 e. The van der Waals surface area contributed by atoms with Gasteiger partial charge in [-0.25, -0.2) is 0 Å². The third kappa shape index (κ3) is 11.4. The second kappa shape index (κ2) is 23.5. The maximum absolute atomic E-state index is 14.8. The summed E-state index contributed by atoms with van der Waals surface area (Å²) in [5.41, 5.74) is 4.68. The fraction of sp³-hybridized carbons (Fsp3) is 0.490. The standard InChI is InChI=1S/C49H62N4O11/c1-4-27-62-49-45(52(23-28-60-29-26-56)46(57)22-17-35-15-18-38(19-16-35)53(58)59)32-43(51-63-5-2)41-30-36(12-6-8-24-54)40(14-7-9-25-55)47(48(41)49)42-31-39(20-21-44(42)64-49)61-33-37-13-10-11-34(3)50-37/h4,10-11,13,15-22,30-31,36,40,45,47-48,54-56H,1,5-9,12,14,23-29,32-33H2,2-3H3/t36-,40+,45-,47+,48+,49+/m0/s1. The van der Waals surface area contributed by atoms with Crippen molar-refractivity contribution in [1.82, 2.24) is 9.88 Å². The minimum atomic E-state index is -1.50. The lowest BCUT2D eigenvalue weighted by molar-refractivity contribution is -0.384. The Kier molecular flexibility index (Phi) is 17.6. The van der Waals surface area contributed by atoms with Gasteiger partial charge < -0.3 is 44.0 Å². The number of unbranched alkanes of at least 4 members (excludes halogenated alkanes) is 2. The monoisotopic (exact) mass is 882 g/mol. The molecule has 1 saturated carbocycles. The largest absolute Gasteiger partial charge is 0.487 e. The van der Waals surface area contributed by atoms with Crippen LogP contribution in [0.2, 0.25) is 0 Å². The van der Waals surface area contributed by atoms with E-state index in [1.54, 1.807) is 29.2 Å². The fourth-order valence-electron chi connectivity index (χ4n) is 9.44. The van der Waals surface area contributed by atoms with Crippen molar-refractivity contribution in [2.75, 3.05) is 52.8 Å². The van der Waals surface area contributed by atoms with Crippen molar-refractivity contribution in [2.24, 2.45) is 22.9 Å². The smallest absolute Gasteiger partial charge is 0.269 e. The molecule has 6 rings (SSSR count). The van der Waals surface area contributed by atoms with Gasteiger partial charge in [0.15, 0.2) is 0 Å². The molecule has 344 valence electrons. The second-order valence-corrected chi connectivity index (χ2v) is 16.3. The molecule has 3 aromatic rings. The van der Waals surface area contributed by atoms with Crippen LogP contribution in [0.25, 0.3) is 6.08 Å². The minimum Gasteiger partial charge on any atom is -0.487 e. The third-order valence-electron chi connectivity index (χ3n) is 12.2. The van der Waals surface area contributed by atoms with Gasteiger partial charge in [-0.05, 0) is 111 Å². The Morgan fingerprint density at radius 3 is 2.53 bits per heavy atom. The van der Waals surface area contributed by atoms with Crippen molar-refractivity contribution < 1.29 is 48.8 Å². The summed E-state index contributed by atoms with van der Waals surface area (Å²) in [6.07, 6.45) is 11.6. The topological polar surface area (TPSA) is 196 Å². The number of hydrogen-bond acceptors (Lipinski definition) is 13. The quantitative estimate of drug-likeness (QED) is 0.0258. The zero-order chi connectivity index (χ0) is 45.5. The van der Waals surface area contributed by atoms with Crippen LogP contribution in [0.4, 0.5) is 5.69 Å². The highest BCUT2D eigenvalue weighted by Gasteiger charge is 2.65. The van der Waals surface area contributed by atoms with Crippen LogP contribution in [0.1, 0.15) is 80.3 Å². The van der Waals surface area contributed by atoms with Gasteiger partial charge in [0.2, 0.25) is 11.7 Å². The number of pyridine rings is 1. The summed E-state index contributed by atoms with van der Waals surface area (Å²) >= 11 is 0.